The van der Waals surface area contributed by atoms with Crippen molar-refractivity contribution in [1.29, 1.82) is 0 Å². The maximum absolute atomic E-state index is 12.5. The van der Waals surface area contributed by atoms with Crippen LogP contribution in [0.2, 0.25) is 0 Å². The van der Waals surface area contributed by atoms with Gasteiger partial charge in [0.2, 0.25) is 0 Å². The molecule has 3 rings (SSSR count). The van der Waals surface area contributed by atoms with Gasteiger partial charge in [-0.1, -0.05) is 12.1 Å². The SMILES string of the molecule is CN(C)CCNC(=O)c1cn(C)c(=O)c2nc3ccccc3nc12. The molecule has 1 amide bonds. The highest BCUT2D eigenvalue weighted by Crippen LogP contribution is 2.16. The number of benzene rings is 1. The highest BCUT2D eigenvalue weighted by Gasteiger charge is 2.17. The first-order valence-electron chi connectivity index (χ1n) is 7.66. The molecule has 0 aliphatic rings. The third-order valence-corrected chi connectivity index (χ3v) is 3.76. The Labute approximate surface area is 138 Å². The zero-order valence-corrected chi connectivity index (χ0v) is 13.9. The Morgan fingerprint density at radius 2 is 1.79 bits per heavy atom. The maximum Gasteiger partial charge on any atom is 0.278 e. The monoisotopic (exact) mass is 325 g/mol. The molecule has 3 aromatic rings. The van der Waals surface area contributed by atoms with Crippen LogP contribution < -0.4 is 10.9 Å². The van der Waals surface area contributed by atoms with E-state index in [1.54, 1.807) is 13.1 Å². The fraction of sp³-hybridized carbons (Fsp3) is 0.294. The average Bonchev–Trinajstić information content (AvgIpc) is 2.56. The van der Waals surface area contributed by atoms with Gasteiger partial charge in [0.25, 0.3) is 11.5 Å². The minimum absolute atomic E-state index is 0.205. The number of nitrogens with zero attached hydrogens (tertiary/aromatic N) is 4. The Hall–Kier alpha value is -2.80. The second kappa shape index (κ2) is 6.37. The number of amides is 1. The molecule has 24 heavy (non-hydrogen) atoms. The van der Waals surface area contributed by atoms with Crippen molar-refractivity contribution in [3.05, 3.63) is 46.4 Å². The number of aryl methyl sites for hydroxylation is 1. The van der Waals surface area contributed by atoms with Crippen LogP contribution in [0.3, 0.4) is 0 Å². The van der Waals surface area contributed by atoms with E-state index in [1.807, 2.05) is 37.2 Å². The zero-order valence-electron chi connectivity index (χ0n) is 13.9. The zero-order chi connectivity index (χ0) is 17.3. The van der Waals surface area contributed by atoms with Crippen molar-refractivity contribution in [2.75, 3.05) is 27.2 Å². The molecule has 0 spiro atoms. The van der Waals surface area contributed by atoms with E-state index in [0.29, 0.717) is 28.7 Å². The number of carbonyl (C=O) groups is 1. The number of rotatable bonds is 4. The fourth-order valence-corrected chi connectivity index (χ4v) is 2.47. The number of pyridine rings is 1. The van der Waals surface area contributed by atoms with Crippen molar-refractivity contribution in [2.24, 2.45) is 7.05 Å². The van der Waals surface area contributed by atoms with Gasteiger partial charge >= 0.3 is 0 Å². The van der Waals surface area contributed by atoms with Crippen LogP contribution in [0.15, 0.2) is 35.3 Å². The largest absolute Gasteiger partial charge is 0.351 e. The maximum atomic E-state index is 12.5. The lowest BCUT2D eigenvalue weighted by molar-refractivity contribution is 0.0952. The van der Waals surface area contributed by atoms with Crippen LogP contribution in [0, 0.1) is 0 Å². The number of carbonyl (C=O) groups excluding carboxylic acids is 1. The van der Waals surface area contributed by atoms with E-state index in [2.05, 4.69) is 15.3 Å². The molecule has 0 aliphatic heterocycles. The second-order valence-electron chi connectivity index (χ2n) is 5.93. The molecular weight excluding hydrogens is 306 g/mol. The number of nitrogens with one attached hydrogen (secondary N) is 1. The Morgan fingerprint density at radius 3 is 2.42 bits per heavy atom. The van der Waals surface area contributed by atoms with Crippen molar-refractivity contribution in [1.82, 2.24) is 24.8 Å². The van der Waals surface area contributed by atoms with Crippen LogP contribution in [0.25, 0.3) is 22.1 Å². The smallest absolute Gasteiger partial charge is 0.278 e. The molecule has 0 aliphatic carbocycles. The lowest BCUT2D eigenvalue weighted by Crippen LogP contribution is -2.32. The lowest BCUT2D eigenvalue weighted by Gasteiger charge is -2.12. The topological polar surface area (TPSA) is 80.1 Å². The molecule has 0 atom stereocenters. The van der Waals surface area contributed by atoms with E-state index >= 15 is 0 Å². The summed E-state index contributed by atoms with van der Waals surface area (Å²) in [6.45, 7) is 1.24. The van der Waals surface area contributed by atoms with Crippen LogP contribution in [0.1, 0.15) is 10.4 Å². The molecule has 0 saturated carbocycles. The third kappa shape index (κ3) is 2.98. The molecule has 0 radical (unpaired) electrons. The highest BCUT2D eigenvalue weighted by molar-refractivity contribution is 6.05. The highest BCUT2D eigenvalue weighted by atomic mass is 16.2. The minimum atomic E-state index is -0.270. The van der Waals surface area contributed by atoms with Crippen LogP contribution in [-0.4, -0.2) is 52.5 Å². The number of aromatic nitrogens is 3. The summed E-state index contributed by atoms with van der Waals surface area (Å²) in [5, 5.41) is 2.85. The van der Waals surface area contributed by atoms with E-state index in [4.69, 9.17) is 0 Å². The van der Waals surface area contributed by atoms with E-state index in [0.717, 1.165) is 6.54 Å². The van der Waals surface area contributed by atoms with Gasteiger partial charge in [-0.05, 0) is 26.2 Å². The summed E-state index contributed by atoms with van der Waals surface area (Å²) in [7, 11) is 5.48. The van der Waals surface area contributed by atoms with Gasteiger partial charge in [0.05, 0.1) is 16.6 Å². The quantitative estimate of drug-likeness (QED) is 0.717. The van der Waals surface area contributed by atoms with Gasteiger partial charge in [0.15, 0.2) is 5.52 Å². The van der Waals surface area contributed by atoms with Gasteiger partial charge < -0.3 is 14.8 Å². The van der Waals surface area contributed by atoms with Gasteiger partial charge in [-0.3, -0.25) is 9.59 Å². The van der Waals surface area contributed by atoms with Gasteiger partial charge in [-0.15, -0.1) is 0 Å². The molecule has 7 heteroatoms. The number of hydrogen-bond acceptors (Lipinski definition) is 5. The Bertz CT molecular complexity index is 978. The molecule has 0 fully saturated rings. The van der Waals surface area contributed by atoms with Crippen LogP contribution in [0.4, 0.5) is 0 Å². The second-order valence-corrected chi connectivity index (χ2v) is 5.93. The summed E-state index contributed by atoms with van der Waals surface area (Å²) in [5.74, 6) is -0.262. The van der Waals surface area contributed by atoms with Crippen molar-refractivity contribution in [3.63, 3.8) is 0 Å². The van der Waals surface area contributed by atoms with E-state index in [9.17, 15) is 9.59 Å². The molecule has 0 unspecified atom stereocenters. The average molecular weight is 325 g/mol. The Balaban J connectivity index is 2.13. The van der Waals surface area contributed by atoms with Gasteiger partial charge in [-0.25, -0.2) is 9.97 Å². The molecule has 124 valence electrons. The summed E-state index contributed by atoms with van der Waals surface area (Å²) in [6, 6.07) is 7.30. The summed E-state index contributed by atoms with van der Waals surface area (Å²) in [6.07, 6.45) is 1.51. The first-order chi connectivity index (χ1) is 11.5. The predicted molar refractivity (Wildman–Crippen MR) is 93.2 cm³/mol. The molecule has 7 nitrogen and oxygen atoms in total. The van der Waals surface area contributed by atoms with Crippen molar-refractivity contribution >= 4 is 28.0 Å². The normalized spacial score (nSPS) is 11.3. The first kappa shape index (κ1) is 16.1. The van der Waals surface area contributed by atoms with Crippen LogP contribution in [0.5, 0.6) is 0 Å². The summed E-state index contributed by atoms with van der Waals surface area (Å²) >= 11 is 0. The lowest BCUT2D eigenvalue weighted by atomic mass is 10.2. The predicted octanol–water partition coefficient (Wildman–Crippen LogP) is 0.773. The van der Waals surface area contributed by atoms with Gasteiger partial charge in [0.1, 0.15) is 5.52 Å². The molecule has 2 heterocycles. The van der Waals surface area contributed by atoms with E-state index < -0.39 is 0 Å². The summed E-state index contributed by atoms with van der Waals surface area (Å²) in [5.41, 5.74) is 1.90. The summed E-state index contributed by atoms with van der Waals surface area (Å²) in [4.78, 5) is 35.8. The van der Waals surface area contributed by atoms with Crippen molar-refractivity contribution in [2.45, 2.75) is 0 Å². The number of fused-ring (bicyclic) bond motifs is 2. The molecule has 1 aromatic carbocycles. The molecule has 1 N–H and O–H groups in total. The molecular formula is C17H19N5O2. The van der Waals surface area contributed by atoms with E-state index in [1.165, 1.54) is 10.8 Å². The Morgan fingerprint density at radius 1 is 1.17 bits per heavy atom. The van der Waals surface area contributed by atoms with Crippen molar-refractivity contribution in [3.8, 4) is 0 Å². The minimum Gasteiger partial charge on any atom is -0.351 e. The number of hydrogen-bond donors (Lipinski definition) is 1. The fourth-order valence-electron chi connectivity index (χ4n) is 2.47. The number of para-hydroxylation sites is 2. The van der Waals surface area contributed by atoms with Crippen molar-refractivity contribution < 1.29 is 4.79 Å². The Kier molecular flexibility index (Phi) is 4.26. The first-order valence-corrected chi connectivity index (χ1v) is 7.66. The van der Waals surface area contributed by atoms with E-state index in [-0.39, 0.29) is 17.0 Å². The summed E-state index contributed by atoms with van der Waals surface area (Å²) < 4.78 is 1.37. The molecule has 0 bridgehead atoms. The standard InChI is InChI=1S/C17H19N5O2/c1-21(2)9-8-18-16(23)11-10-22(3)17(24)15-14(11)19-12-6-4-5-7-13(12)20-15/h4-7,10H,8-9H2,1-3H3,(H,18,23). The van der Waals surface area contributed by atoms with Gasteiger partial charge in [-0.2, -0.15) is 0 Å². The number of likely N-dealkylation sites (N-methyl/N-ethyl adjacent to an activating group) is 1. The third-order valence-electron chi connectivity index (χ3n) is 3.76. The molecule has 2 aromatic heterocycles. The van der Waals surface area contributed by atoms with Crippen LogP contribution >= 0.6 is 0 Å². The van der Waals surface area contributed by atoms with Gasteiger partial charge in [0, 0.05) is 26.3 Å². The van der Waals surface area contributed by atoms with Crippen LogP contribution in [-0.2, 0) is 7.05 Å². The molecule has 0 saturated heterocycles.